The third kappa shape index (κ3) is 7.27. The van der Waals surface area contributed by atoms with Crippen molar-refractivity contribution in [3.8, 4) is 5.75 Å². The van der Waals surface area contributed by atoms with Crippen molar-refractivity contribution in [1.29, 1.82) is 0 Å². The maximum atomic E-state index is 14.1. The average molecular weight is 607 g/mol. The first-order valence-corrected chi connectivity index (χ1v) is 15.0. The van der Waals surface area contributed by atoms with E-state index in [2.05, 4.69) is 5.32 Å². The average Bonchev–Trinajstić information content (AvgIpc) is 2.93. The summed E-state index contributed by atoms with van der Waals surface area (Å²) in [5, 5.41) is 3.41. The van der Waals surface area contributed by atoms with Gasteiger partial charge in [0.25, 0.3) is 10.0 Å². The number of halogens is 2. The fraction of sp³-hybridized carbons (Fsp3) is 0.310. The summed E-state index contributed by atoms with van der Waals surface area (Å²) in [7, 11) is -2.73. The summed E-state index contributed by atoms with van der Waals surface area (Å²) in [4.78, 5) is 28.5. The second-order valence-corrected chi connectivity index (χ2v) is 11.7. The quantitative estimate of drug-likeness (QED) is 0.296. The van der Waals surface area contributed by atoms with Crippen molar-refractivity contribution in [1.82, 2.24) is 10.2 Å². The smallest absolute Gasteiger partial charge is 0.264 e. The van der Waals surface area contributed by atoms with Crippen molar-refractivity contribution >= 4 is 50.7 Å². The highest BCUT2D eigenvalue weighted by molar-refractivity contribution is 7.92. The number of ether oxygens (including phenoxy) is 1. The number of hydrogen-bond donors (Lipinski definition) is 1. The Morgan fingerprint density at radius 1 is 0.975 bits per heavy atom. The van der Waals surface area contributed by atoms with Gasteiger partial charge < -0.3 is 15.0 Å². The molecule has 11 heteroatoms. The number of carbonyl (C=O) groups excluding carboxylic acids is 2. The summed E-state index contributed by atoms with van der Waals surface area (Å²) in [5.41, 5.74) is 1.57. The summed E-state index contributed by atoms with van der Waals surface area (Å²) in [6.45, 7) is 5.09. The number of anilines is 1. The molecule has 3 aromatic carbocycles. The lowest BCUT2D eigenvalue weighted by Gasteiger charge is -2.33. The van der Waals surface area contributed by atoms with E-state index in [9.17, 15) is 18.0 Å². The summed E-state index contributed by atoms with van der Waals surface area (Å²) >= 11 is 12.8. The molecule has 0 aliphatic heterocycles. The van der Waals surface area contributed by atoms with Crippen molar-refractivity contribution in [2.45, 2.75) is 44.7 Å². The van der Waals surface area contributed by atoms with Gasteiger partial charge in [0, 0.05) is 34.8 Å². The molecule has 0 aromatic heterocycles. The number of hydrogen-bond acceptors (Lipinski definition) is 5. The van der Waals surface area contributed by atoms with Gasteiger partial charge in [0.15, 0.2) is 0 Å². The standard InChI is InChI=1S/C29H33Cl2N3O5S/c1-5-27(29(36)32-6-2)33(18-24-25(30)11-8-12-26(24)31)28(35)19-34(21-9-7-10-22(17-21)39-4)40(37,38)23-15-13-20(3)14-16-23/h7-17,27H,5-6,18-19H2,1-4H3,(H,32,36). The number of likely N-dealkylation sites (N-methyl/N-ethyl adjacent to an activating group) is 1. The summed E-state index contributed by atoms with van der Waals surface area (Å²) in [6.07, 6.45) is 0.281. The normalized spacial score (nSPS) is 11.9. The molecule has 0 spiro atoms. The third-order valence-electron chi connectivity index (χ3n) is 6.36. The highest BCUT2D eigenvalue weighted by Gasteiger charge is 2.34. The summed E-state index contributed by atoms with van der Waals surface area (Å²) < 4.78 is 34.2. The van der Waals surface area contributed by atoms with Gasteiger partial charge in [-0.05, 0) is 56.7 Å². The number of nitrogens with one attached hydrogen (secondary N) is 1. The van der Waals surface area contributed by atoms with Crippen molar-refractivity contribution in [2.75, 3.05) is 24.5 Å². The molecule has 0 bridgehead atoms. The molecule has 1 atom stereocenters. The highest BCUT2D eigenvalue weighted by Crippen LogP contribution is 2.30. The third-order valence-corrected chi connectivity index (χ3v) is 8.85. The van der Waals surface area contributed by atoms with Gasteiger partial charge in [0.2, 0.25) is 11.8 Å². The van der Waals surface area contributed by atoms with Crippen LogP contribution < -0.4 is 14.4 Å². The lowest BCUT2D eigenvalue weighted by Crippen LogP contribution is -2.52. The Kier molecular flexibility index (Phi) is 10.8. The molecule has 40 heavy (non-hydrogen) atoms. The summed E-state index contributed by atoms with van der Waals surface area (Å²) in [6, 6.07) is 16.9. The molecule has 0 aliphatic carbocycles. The SMILES string of the molecule is CCNC(=O)C(CC)N(Cc1c(Cl)cccc1Cl)C(=O)CN(c1cccc(OC)c1)S(=O)(=O)c1ccc(C)cc1. The van der Waals surface area contributed by atoms with E-state index in [4.69, 9.17) is 27.9 Å². The van der Waals surface area contributed by atoms with Crippen LogP contribution in [0.5, 0.6) is 5.75 Å². The molecule has 2 amide bonds. The predicted molar refractivity (Wildman–Crippen MR) is 158 cm³/mol. The zero-order valence-corrected chi connectivity index (χ0v) is 25.2. The molecule has 214 valence electrons. The Bertz CT molecular complexity index is 1430. The number of amides is 2. The molecule has 3 aromatic rings. The van der Waals surface area contributed by atoms with Crippen LogP contribution in [0.15, 0.2) is 71.6 Å². The van der Waals surface area contributed by atoms with E-state index in [1.165, 1.54) is 30.2 Å². The Morgan fingerprint density at radius 2 is 1.60 bits per heavy atom. The largest absolute Gasteiger partial charge is 0.497 e. The molecule has 8 nitrogen and oxygen atoms in total. The minimum atomic E-state index is -4.20. The van der Waals surface area contributed by atoms with E-state index in [-0.39, 0.29) is 29.5 Å². The molecular formula is C29H33Cl2N3O5S. The van der Waals surface area contributed by atoms with Crippen LogP contribution in [0.2, 0.25) is 10.0 Å². The fourth-order valence-corrected chi connectivity index (χ4v) is 6.12. The molecule has 0 saturated heterocycles. The minimum absolute atomic E-state index is 0.0187. The molecule has 0 saturated carbocycles. The van der Waals surface area contributed by atoms with E-state index >= 15 is 0 Å². The molecule has 0 heterocycles. The lowest BCUT2D eigenvalue weighted by molar-refractivity contribution is -0.140. The Labute approximate surface area is 245 Å². The first-order chi connectivity index (χ1) is 19.0. The second-order valence-electron chi connectivity index (χ2n) is 9.07. The van der Waals surface area contributed by atoms with Crippen LogP contribution in [0.4, 0.5) is 5.69 Å². The molecular weight excluding hydrogens is 573 g/mol. The first kappa shape index (κ1) is 31.3. The van der Waals surface area contributed by atoms with E-state index in [0.717, 1.165) is 9.87 Å². The molecule has 1 unspecified atom stereocenters. The van der Waals surface area contributed by atoms with Gasteiger partial charge in [-0.25, -0.2) is 8.42 Å². The van der Waals surface area contributed by atoms with E-state index in [1.807, 2.05) is 6.92 Å². The number of carbonyl (C=O) groups is 2. The van der Waals surface area contributed by atoms with E-state index in [1.54, 1.807) is 62.4 Å². The molecule has 1 N–H and O–H groups in total. The number of sulfonamides is 1. The van der Waals surface area contributed by atoms with Crippen LogP contribution in [0.3, 0.4) is 0 Å². The fourth-order valence-electron chi connectivity index (χ4n) is 4.20. The number of nitrogens with zero attached hydrogens (tertiary/aromatic N) is 2. The number of rotatable bonds is 12. The van der Waals surface area contributed by atoms with Crippen LogP contribution >= 0.6 is 23.2 Å². The van der Waals surface area contributed by atoms with Gasteiger partial charge in [-0.15, -0.1) is 0 Å². The van der Waals surface area contributed by atoms with Crippen molar-refractivity contribution in [3.05, 3.63) is 87.9 Å². The second kappa shape index (κ2) is 13.9. The molecule has 3 rings (SSSR count). The molecule has 0 fully saturated rings. The van der Waals surface area contributed by atoms with Gasteiger partial charge in [-0.2, -0.15) is 0 Å². The maximum Gasteiger partial charge on any atom is 0.264 e. The number of aryl methyl sites for hydroxylation is 1. The lowest BCUT2D eigenvalue weighted by atomic mass is 10.1. The minimum Gasteiger partial charge on any atom is -0.497 e. The Morgan fingerprint density at radius 3 is 2.17 bits per heavy atom. The van der Waals surface area contributed by atoms with Gasteiger partial charge in [0.05, 0.1) is 17.7 Å². The van der Waals surface area contributed by atoms with Crippen LogP contribution in [0.1, 0.15) is 31.4 Å². The van der Waals surface area contributed by atoms with Crippen molar-refractivity contribution in [2.24, 2.45) is 0 Å². The molecule has 0 aliphatic rings. The van der Waals surface area contributed by atoms with Crippen molar-refractivity contribution < 1.29 is 22.7 Å². The highest BCUT2D eigenvalue weighted by atomic mass is 35.5. The van der Waals surface area contributed by atoms with Crippen LogP contribution in [0.25, 0.3) is 0 Å². The Hall–Kier alpha value is -3.27. The predicted octanol–water partition coefficient (Wildman–Crippen LogP) is 5.45. The monoisotopic (exact) mass is 605 g/mol. The summed E-state index contributed by atoms with van der Waals surface area (Å²) in [5.74, 6) is -0.550. The number of benzene rings is 3. The van der Waals surface area contributed by atoms with E-state index in [0.29, 0.717) is 27.9 Å². The van der Waals surface area contributed by atoms with Crippen molar-refractivity contribution in [3.63, 3.8) is 0 Å². The number of methoxy groups -OCH3 is 1. The van der Waals surface area contributed by atoms with Crippen LogP contribution in [-0.4, -0.2) is 51.4 Å². The zero-order valence-electron chi connectivity index (χ0n) is 22.9. The van der Waals surface area contributed by atoms with Crippen LogP contribution in [0, 0.1) is 6.92 Å². The maximum absolute atomic E-state index is 14.1. The zero-order chi connectivity index (χ0) is 29.4. The topological polar surface area (TPSA) is 96.0 Å². The van der Waals surface area contributed by atoms with Crippen LogP contribution in [-0.2, 0) is 26.2 Å². The van der Waals surface area contributed by atoms with Gasteiger partial charge >= 0.3 is 0 Å². The first-order valence-electron chi connectivity index (χ1n) is 12.8. The van der Waals surface area contributed by atoms with Gasteiger partial charge in [0.1, 0.15) is 18.3 Å². The van der Waals surface area contributed by atoms with E-state index < -0.39 is 28.5 Å². The Balaban J connectivity index is 2.12. The van der Waals surface area contributed by atoms with Gasteiger partial charge in [-0.3, -0.25) is 13.9 Å². The molecule has 0 radical (unpaired) electrons. The van der Waals surface area contributed by atoms with Gasteiger partial charge in [-0.1, -0.05) is 60.0 Å².